The number of hydrogen-bond acceptors (Lipinski definition) is 6. The Balaban J connectivity index is 2.32. The molecule has 0 bridgehead atoms. The van der Waals surface area contributed by atoms with E-state index < -0.39 is 32.4 Å². The number of aromatic hydroxyl groups is 1. The minimum Gasteiger partial charge on any atom is -0.502 e. The minimum absolute atomic E-state index is 0.269. The molecule has 0 spiro atoms. The maximum absolute atomic E-state index is 12.2. The third-order valence-corrected chi connectivity index (χ3v) is 5.07. The van der Waals surface area contributed by atoms with Gasteiger partial charge in [0.25, 0.3) is 0 Å². The summed E-state index contributed by atoms with van der Waals surface area (Å²) in [6.07, 6.45) is 0. The quantitative estimate of drug-likeness (QED) is 0.647. The predicted molar refractivity (Wildman–Crippen MR) is 77.8 cm³/mol. The van der Waals surface area contributed by atoms with Gasteiger partial charge in [-0.05, 0) is 41.4 Å². The predicted octanol–water partition coefficient (Wildman–Crippen LogP) is 2.40. The summed E-state index contributed by atoms with van der Waals surface area (Å²) < 4.78 is 26.9. The highest BCUT2D eigenvalue weighted by Gasteiger charge is 2.23. The molecule has 2 N–H and O–H groups in total. The largest absolute Gasteiger partial charge is 0.502 e. The summed E-state index contributed by atoms with van der Waals surface area (Å²) in [6.45, 7) is 1.68. The highest BCUT2D eigenvalue weighted by Crippen LogP contribution is 2.29. The van der Waals surface area contributed by atoms with Crippen LogP contribution in [0, 0.1) is 10.1 Å². The first kappa shape index (κ1) is 15.4. The average molecular weight is 328 g/mol. The summed E-state index contributed by atoms with van der Waals surface area (Å²) in [7, 11) is -3.92. The number of hydrogen-bond donors (Lipinski definition) is 2. The zero-order valence-corrected chi connectivity index (χ0v) is 12.5. The summed E-state index contributed by atoms with van der Waals surface area (Å²) in [5.74, 6) is -0.579. The van der Waals surface area contributed by atoms with Crippen LogP contribution in [0.4, 0.5) is 5.69 Å². The zero-order chi connectivity index (χ0) is 15.6. The molecule has 0 aliphatic rings. The van der Waals surface area contributed by atoms with Crippen LogP contribution in [0.2, 0.25) is 0 Å². The molecule has 7 nitrogen and oxygen atoms in total. The summed E-state index contributed by atoms with van der Waals surface area (Å²) in [5, 5.41) is 23.7. The molecule has 0 saturated heterocycles. The van der Waals surface area contributed by atoms with Crippen LogP contribution in [-0.4, -0.2) is 18.4 Å². The monoisotopic (exact) mass is 328 g/mol. The van der Waals surface area contributed by atoms with Gasteiger partial charge in [0.05, 0.1) is 9.82 Å². The number of rotatable bonds is 5. The Hall–Kier alpha value is -1.97. The van der Waals surface area contributed by atoms with Gasteiger partial charge in [0.2, 0.25) is 10.0 Å². The van der Waals surface area contributed by atoms with Gasteiger partial charge in [-0.1, -0.05) is 0 Å². The molecule has 1 aromatic heterocycles. The molecule has 112 valence electrons. The van der Waals surface area contributed by atoms with Crippen molar-refractivity contribution in [2.24, 2.45) is 0 Å². The third kappa shape index (κ3) is 3.38. The second-order valence-electron chi connectivity index (χ2n) is 4.31. The van der Waals surface area contributed by atoms with Crippen LogP contribution < -0.4 is 4.72 Å². The molecule has 1 aromatic carbocycles. The topological polar surface area (TPSA) is 110 Å². The van der Waals surface area contributed by atoms with Gasteiger partial charge < -0.3 is 5.11 Å². The molecule has 0 saturated carbocycles. The fourth-order valence-corrected chi connectivity index (χ4v) is 3.71. The van der Waals surface area contributed by atoms with Crippen molar-refractivity contribution < 1.29 is 18.4 Å². The fraction of sp³-hybridized carbons (Fsp3) is 0.167. The second kappa shape index (κ2) is 5.80. The number of benzene rings is 1. The first-order valence-electron chi connectivity index (χ1n) is 5.83. The van der Waals surface area contributed by atoms with Gasteiger partial charge in [0.15, 0.2) is 5.75 Å². The van der Waals surface area contributed by atoms with Crippen molar-refractivity contribution >= 4 is 27.0 Å². The summed E-state index contributed by atoms with van der Waals surface area (Å²) in [6, 6.07) is 4.26. The number of nitrogens with one attached hydrogen (secondary N) is 1. The minimum atomic E-state index is -3.92. The summed E-state index contributed by atoms with van der Waals surface area (Å²) >= 11 is 1.44. The Morgan fingerprint density at radius 2 is 2.10 bits per heavy atom. The average Bonchev–Trinajstić information content (AvgIpc) is 2.92. The number of phenolic OH excluding ortho intramolecular Hbond substituents is 1. The molecule has 0 aliphatic heterocycles. The van der Waals surface area contributed by atoms with Gasteiger partial charge >= 0.3 is 5.69 Å². The van der Waals surface area contributed by atoms with E-state index >= 15 is 0 Å². The number of nitro benzene ring substituents is 1. The number of sulfonamides is 1. The van der Waals surface area contributed by atoms with E-state index in [0.717, 1.165) is 23.8 Å². The maximum atomic E-state index is 12.2. The lowest BCUT2D eigenvalue weighted by atomic mass is 10.2. The molecular formula is C12H12N2O5S2. The van der Waals surface area contributed by atoms with Gasteiger partial charge in [-0.25, -0.2) is 13.1 Å². The van der Waals surface area contributed by atoms with Gasteiger partial charge in [0.1, 0.15) is 0 Å². The first-order valence-corrected chi connectivity index (χ1v) is 8.25. The molecule has 9 heteroatoms. The van der Waals surface area contributed by atoms with Gasteiger partial charge in [-0.15, -0.1) is 0 Å². The normalized spacial score (nSPS) is 13.0. The van der Waals surface area contributed by atoms with E-state index in [4.69, 9.17) is 0 Å². The highest BCUT2D eigenvalue weighted by molar-refractivity contribution is 7.89. The van der Waals surface area contributed by atoms with Crippen LogP contribution in [0.15, 0.2) is 39.9 Å². The molecule has 2 rings (SSSR count). The first-order chi connectivity index (χ1) is 9.81. The van der Waals surface area contributed by atoms with E-state index in [1.807, 2.05) is 10.8 Å². The number of thiophene rings is 1. The fourth-order valence-electron chi connectivity index (χ4n) is 1.71. The van der Waals surface area contributed by atoms with E-state index in [2.05, 4.69) is 4.72 Å². The third-order valence-electron chi connectivity index (χ3n) is 2.83. The SMILES string of the molecule is CC(NS(=O)(=O)c1ccc(O)c([N+](=O)[O-])c1)c1ccsc1. The van der Waals surface area contributed by atoms with Crippen molar-refractivity contribution in [2.45, 2.75) is 17.9 Å². The van der Waals surface area contributed by atoms with E-state index in [0.29, 0.717) is 0 Å². The lowest BCUT2D eigenvalue weighted by molar-refractivity contribution is -0.386. The van der Waals surface area contributed by atoms with Crippen LogP contribution in [0.1, 0.15) is 18.5 Å². The molecule has 0 fully saturated rings. The standard InChI is InChI=1S/C12H12N2O5S2/c1-8(9-4-5-20-7-9)13-21(18,19)10-2-3-12(15)11(6-10)14(16)17/h2-8,13,15H,1H3. The number of nitrogens with zero attached hydrogens (tertiary/aromatic N) is 1. The van der Waals surface area contributed by atoms with Crippen molar-refractivity contribution in [1.29, 1.82) is 0 Å². The van der Waals surface area contributed by atoms with Crippen LogP contribution in [0.5, 0.6) is 5.75 Å². The van der Waals surface area contributed by atoms with Crippen molar-refractivity contribution in [3.63, 3.8) is 0 Å². The Labute approximate surface area is 125 Å². The van der Waals surface area contributed by atoms with Crippen molar-refractivity contribution in [3.05, 3.63) is 50.7 Å². The zero-order valence-electron chi connectivity index (χ0n) is 10.9. The lowest BCUT2D eigenvalue weighted by Gasteiger charge is -2.13. The second-order valence-corrected chi connectivity index (χ2v) is 6.80. The molecule has 1 heterocycles. The molecule has 1 unspecified atom stereocenters. The number of phenols is 1. The van der Waals surface area contributed by atoms with Crippen molar-refractivity contribution in [3.8, 4) is 5.75 Å². The van der Waals surface area contributed by atoms with Gasteiger partial charge in [-0.2, -0.15) is 11.3 Å². The number of nitro groups is 1. The highest BCUT2D eigenvalue weighted by atomic mass is 32.2. The van der Waals surface area contributed by atoms with Crippen LogP contribution in [0.25, 0.3) is 0 Å². The van der Waals surface area contributed by atoms with Gasteiger partial charge in [0, 0.05) is 12.1 Å². The molecular weight excluding hydrogens is 316 g/mol. The smallest absolute Gasteiger partial charge is 0.312 e. The van der Waals surface area contributed by atoms with E-state index in [9.17, 15) is 23.6 Å². The molecule has 0 amide bonds. The van der Waals surface area contributed by atoms with Gasteiger partial charge in [-0.3, -0.25) is 10.1 Å². The van der Waals surface area contributed by atoms with E-state index in [-0.39, 0.29) is 4.90 Å². The van der Waals surface area contributed by atoms with Crippen LogP contribution in [0.3, 0.4) is 0 Å². The molecule has 2 aromatic rings. The Morgan fingerprint density at radius 1 is 1.38 bits per heavy atom. The summed E-state index contributed by atoms with van der Waals surface area (Å²) in [5.41, 5.74) is 0.151. The Kier molecular flexibility index (Phi) is 4.26. The van der Waals surface area contributed by atoms with E-state index in [1.54, 1.807) is 13.0 Å². The summed E-state index contributed by atoms with van der Waals surface area (Å²) in [4.78, 5) is 9.64. The van der Waals surface area contributed by atoms with Crippen LogP contribution >= 0.6 is 11.3 Å². The molecule has 21 heavy (non-hydrogen) atoms. The van der Waals surface area contributed by atoms with Crippen LogP contribution in [-0.2, 0) is 10.0 Å². The van der Waals surface area contributed by atoms with E-state index in [1.165, 1.54) is 11.3 Å². The maximum Gasteiger partial charge on any atom is 0.312 e. The molecule has 0 radical (unpaired) electrons. The Morgan fingerprint density at radius 3 is 2.67 bits per heavy atom. The lowest BCUT2D eigenvalue weighted by Crippen LogP contribution is -2.26. The Bertz CT molecular complexity index is 756. The van der Waals surface area contributed by atoms with Crippen molar-refractivity contribution in [2.75, 3.05) is 0 Å². The molecule has 0 aliphatic carbocycles. The van der Waals surface area contributed by atoms with Crippen molar-refractivity contribution in [1.82, 2.24) is 4.72 Å². The molecule has 1 atom stereocenters.